The molecule has 5 nitrogen and oxygen atoms in total. The van der Waals surface area contributed by atoms with E-state index in [1.54, 1.807) is 12.1 Å². The minimum atomic E-state index is -4.92. The van der Waals surface area contributed by atoms with E-state index in [9.17, 15) is 26.3 Å². The summed E-state index contributed by atoms with van der Waals surface area (Å²) in [7, 11) is 0. The van der Waals surface area contributed by atoms with E-state index in [-0.39, 0.29) is 23.3 Å². The highest BCUT2D eigenvalue weighted by Gasteiger charge is 2.40. The first-order chi connectivity index (χ1) is 15.0. The van der Waals surface area contributed by atoms with Gasteiger partial charge < -0.3 is 4.90 Å². The summed E-state index contributed by atoms with van der Waals surface area (Å²) >= 11 is 5.96. The SMILES string of the molecule is FC(F)(F)c1cc(C2CN(c3ccnc(Cl)c3)CCC2n2cncn2)cc(C(F)(F)F)c1. The summed E-state index contributed by atoms with van der Waals surface area (Å²) in [4.78, 5) is 9.65. The summed E-state index contributed by atoms with van der Waals surface area (Å²) in [5.74, 6) is -0.721. The highest BCUT2D eigenvalue weighted by atomic mass is 35.5. The predicted octanol–water partition coefficient (Wildman–Crippen LogP) is 5.60. The molecule has 0 amide bonds. The van der Waals surface area contributed by atoms with Crippen molar-refractivity contribution in [2.75, 3.05) is 18.0 Å². The molecule has 1 saturated heterocycles. The monoisotopic (exact) mass is 475 g/mol. The van der Waals surface area contributed by atoms with Crippen LogP contribution in [0.25, 0.3) is 0 Å². The molecule has 2 unspecified atom stereocenters. The summed E-state index contributed by atoms with van der Waals surface area (Å²) in [6.07, 6.45) is -5.25. The molecule has 0 radical (unpaired) electrons. The van der Waals surface area contributed by atoms with Crippen LogP contribution in [-0.2, 0) is 12.4 Å². The van der Waals surface area contributed by atoms with Crippen LogP contribution in [-0.4, -0.2) is 32.8 Å². The molecule has 1 aromatic carbocycles. The molecule has 3 heterocycles. The Bertz CT molecular complexity index is 1050. The second-order valence-corrected chi connectivity index (χ2v) is 7.85. The van der Waals surface area contributed by atoms with Crippen molar-refractivity contribution in [2.24, 2.45) is 0 Å². The van der Waals surface area contributed by atoms with Crippen molar-refractivity contribution >= 4 is 17.3 Å². The van der Waals surface area contributed by atoms with Gasteiger partial charge >= 0.3 is 12.4 Å². The molecule has 170 valence electrons. The zero-order valence-electron chi connectivity index (χ0n) is 16.3. The van der Waals surface area contributed by atoms with Gasteiger partial charge in [-0.25, -0.2) is 14.6 Å². The minimum Gasteiger partial charge on any atom is -0.371 e. The Hall–Kier alpha value is -2.82. The summed E-state index contributed by atoms with van der Waals surface area (Å²) in [5, 5.41) is 4.31. The van der Waals surface area contributed by atoms with E-state index in [1.165, 1.54) is 23.5 Å². The Kier molecular flexibility index (Phi) is 5.78. The predicted molar refractivity (Wildman–Crippen MR) is 104 cm³/mol. The van der Waals surface area contributed by atoms with E-state index in [0.717, 1.165) is 12.1 Å². The summed E-state index contributed by atoms with van der Waals surface area (Å²) in [6, 6.07) is 4.51. The number of hydrogen-bond acceptors (Lipinski definition) is 4. The molecule has 2 atom stereocenters. The lowest BCUT2D eigenvalue weighted by Gasteiger charge is -2.40. The standard InChI is InChI=1S/C20H16ClF6N5/c21-18-8-15(1-3-29-18)31-4-2-17(32-11-28-10-30-32)16(9-31)12-5-13(19(22,23)24)7-14(6-12)20(25,26)27/h1,3,5-8,10-11,16-17H,2,4,9H2. The fraction of sp³-hybridized carbons (Fsp3) is 0.350. The van der Waals surface area contributed by atoms with Gasteiger partial charge in [0.15, 0.2) is 0 Å². The molecule has 0 spiro atoms. The van der Waals surface area contributed by atoms with Crippen LogP contribution in [0.1, 0.15) is 35.1 Å². The molecule has 0 aliphatic carbocycles. The molecule has 4 rings (SSSR count). The lowest BCUT2D eigenvalue weighted by Crippen LogP contribution is -2.40. The van der Waals surface area contributed by atoms with E-state index in [0.29, 0.717) is 18.7 Å². The molecule has 1 aliphatic heterocycles. The maximum absolute atomic E-state index is 13.4. The third kappa shape index (κ3) is 4.67. The molecular formula is C20H16ClF6N5. The van der Waals surface area contributed by atoms with Gasteiger partial charge in [0.05, 0.1) is 17.2 Å². The quantitative estimate of drug-likeness (QED) is 0.365. The van der Waals surface area contributed by atoms with Crippen molar-refractivity contribution in [3.63, 3.8) is 0 Å². The van der Waals surface area contributed by atoms with Crippen LogP contribution in [0.4, 0.5) is 32.0 Å². The minimum absolute atomic E-state index is 0.0718. The number of benzene rings is 1. The summed E-state index contributed by atoms with van der Waals surface area (Å²) in [5.41, 5.74) is -2.08. The van der Waals surface area contributed by atoms with Gasteiger partial charge in [-0.3, -0.25) is 0 Å². The Balaban J connectivity index is 1.80. The van der Waals surface area contributed by atoms with Gasteiger partial charge in [-0.1, -0.05) is 11.6 Å². The molecule has 1 fully saturated rings. The average Bonchev–Trinajstić information content (AvgIpc) is 3.26. The van der Waals surface area contributed by atoms with Gasteiger partial charge in [0.1, 0.15) is 17.8 Å². The smallest absolute Gasteiger partial charge is 0.371 e. The molecular weight excluding hydrogens is 460 g/mol. The van der Waals surface area contributed by atoms with Crippen molar-refractivity contribution in [1.82, 2.24) is 19.7 Å². The van der Waals surface area contributed by atoms with Crippen molar-refractivity contribution in [3.05, 3.63) is 71.0 Å². The first-order valence-corrected chi connectivity index (χ1v) is 9.90. The van der Waals surface area contributed by atoms with Gasteiger partial charge in [0, 0.05) is 30.9 Å². The molecule has 0 saturated carbocycles. The highest BCUT2D eigenvalue weighted by Crippen LogP contribution is 2.42. The van der Waals surface area contributed by atoms with Crippen LogP contribution >= 0.6 is 11.6 Å². The number of nitrogens with zero attached hydrogens (tertiary/aromatic N) is 5. The Labute approximate surface area is 183 Å². The zero-order chi connectivity index (χ0) is 23.1. The highest BCUT2D eigenvalue weighted by molar-refractivity contribution is 6.29. The topological polar surface area (TPSA) is 46.8 Å². The van der Waals surface area contributed by atoms with Crippen molar-refractivity contribution in [3.8, 4) is 0 Å². The van der Waals surface area contributed by atoms with Gasteiger partial charge in [-0.2, -0.15) is 31.4 Å². The van der Waals surface area contributed by atoms with Crippen LogP contribution in [0.3, 0.4) is 0 Å². The number of hydrogen-bond donors (Lipinski definition) is 0. The zero-order valence-corrected chi connectivity index (χ0v) is 17.0. The lowest BCUT2D eigenvalue weighted by atomic mass is 9.84. The van der Waals surface area contributed by atoms with Crippen LogP contribution in [0, 0.1) is 0 Å². The Morgan fingerprint density at radius 3 is 2.22 bits per heavy atom. The maximum Gasteiger partial charge on any atom is 0.416 e. The fourth-order valence-electron chi connectivity index (χ4n) is 3.99. The number of halogens is 7. The number of alkyl halides is 6. The second-order valence-electron chi connectivity index (χ2n) is 7.46. The van der Waals surface area contributed by atoms with Crippen LogP contribution in [0.5, 0.6) is 0 Å². The van der Waals surface area contributed by atoms with Crippen LogP contribution in [0.2, 0.25) is 5.15 Å². The van der Waals surface area contributed by atoms with Crippen molar-refractivity contribution in [2.45, 2.75) is 30.7 Å². The van der Waals surface area contributed by atoms with Crippen LogP contribution < -0.4 is 4.90 Å². The van der Waals surface area contributed by atoms with E-state index >= 15 is 0 Å². The largest absolute Gasteiger partial charge is 0.416 e. The molecule has 3 aromatic rings. The first kappa shape index (κ1) is 22.4. The number of aromatic nitrogens is 4. The Morgan fingerprint density at radius 1 is 0.969 bits per heavy atom. The number of rotatable bonds is 3. The summed E-state index contributed by atoms with van der Waals surface area (Å²) < 4.78 is 82.1. The summed E-state index contributed by atoms with van der Waals surface area (Å²) in [6.45, 7) is 0.649. The molecule has 12 heteroatoms. The number of piperidine rings is 1. The van der Waals surface area contributed by atoms with Crippen LogP contribution in [0.15, 0.2) is 49.2 Å². The third-order valence-electron chi connectivity index (χ3n) is 5.47. The second kappa shape index (κ2) is 8.27. The average molecular weight is 476 g/mol. The third-order valence-corrected chi connectivity index (χ3v) is 5.67. The normalized spacial score (nSPS) is 19.9. The molecule has 1 aliphatic rings. The van der Waals surface area contributed by atoms with E-state index in [1.807, 2.05) is 4.90 Å². The molecule has 32 heavy (non-hydrogen) atoms. The lowest BCUT2D eigenvalue weighted by molar-refractivity contribution is -0.143. The van der Waals surface area contributed by atoms with Crippen molar-refractivity contribution in [1.29, 1.82) is 0 Å². The molecule has 2 aromatic heterocycles. The van der Waals surface area contributed by atoms with Gasteiger partial charge in [0.25, 0.3) is 0 Å². The fourth-order valence-corrected chi connectivity index (χ4v) is 4.16. The Morgan fingerprint density at radius 2 is 1.66 bits per heavy atom. The number of pyridine rings is 1. The van der Waals surface area contributed by atoms with Gasteiger partial charge in [0.2, 0.25) is 0 Å². The molecule has 0 bridgehead atoms. The van der Waals surface area contributed by atoms with Gasteiger partial charge in [-0.15, -0.1) is 0 Å². The first-order valence-electron chi connectivity index (χ1n) is 9.52. The van der Waals surface area contributed by atoms with E-state index < -0.39 is 35.4 Å². The number of anilines is 1. The van der Waals surface area contributed by atoms with Gasteiger partial charge in [-0.05, 0) is 42.3 Å². The van der Waals surface area contributed by atoms with E-state index in [2.05, 4.69) is 15.1 Å². The molecule has 0 N–H and O–H groups in total. The van der Waals surface area contributed by atoms with Crippen molar-refractivity contribution < 1.29 is 26.3 Å². The van der Waals surface area contributed by atoms with E-state index in [4.69, 9.17) is 11.6 Å². The maximum atomic E-state index is 13.4.